The smallest absolute Gasteiger partial charge is 0.247 e. The summed E-state index contributed by atoms with van der Waals surface area (Å²) in [7, 11) is 0. The molecule has 2 aromatic rings. The van der Waals surface area contributed by atoms with E-state index in [-0.39, 0.29) is 0 Å². The number of nitrogens with zero attached hydrogens (tertiary/aromatic N) is 1. The largest absolute Gasteiger partial charge is 0.254 e. The average molecular weight is 496 g/mol. The second kappa shape index (κ2) is 21.5. The van der Waals surface area contributed by atoms with Gasteiger partial charge in [-0.1, -0.05) is 160 Å². The second-order valence-corrected chi connectivity index (χ2v) is 11.2. The number of imidazole rings is 1. The average Bonchev–Trinajstić information content (AvgIpc) is 3.27. The first-order chi connectivity index (χ1) is 17.8. The molecule has 0 bridgehead atoms. The SMILES string of the molecule is CCCCCCCCCCCCCCCCc1c[nH]c(CCCCCCCC)[n+]1Cc1ccccc1. The summed E-state index contributed by atoms with van der Waals surface area (Å²) in [6, 6.07) is 11.0. The van der Waals surface area contributed by atoms with E-state index in [1.807, 2.05) is 0 Å². The van der Waals surface area contributed by atoms with Crippen molar-refractivity contribution in [2.45, 2.75) is 162 Å². The Kier molecular flexibility index (Phi) is 18.3. The van der Waals surface area contributed by atoms with Gasteiger partial charge in [0.2, 0.25) is 0 Å². The van der Waals surface area contributed by atoms with Crippen LogP contribution >= 0.6 is 0 Å². The van der Waals surface area contributed by atoms with Crippen LogP contribution < -0.4 is 4.57 Å². The molecule has 0 saturated heterocycles. The van der Waals surface area contributed by atoms with Crippen molar-refractivity contribution in [2.75, 3.05) is 0 Å². The molecule has 1 heterocycles. The van der Waals surface area contributed by atoms with E-state index in [1.165, 1.54) is 158 Å². The zero-order chi connectivity index (χ0) is 25.5. The van der Waals surface area contributed by atoms with Crippen molar-refractivity contribution in [2.24, 2.45) is 0 Å². The fraction of sp³-hybridized carbons (Fsp3) is 0.735. The fourth-order valence-corrected chi connectivity index (χ4v) is 5.45. The van der Waals surface area contributed by atoms with Gasteiger partial charge >= 0.3 is 0 Å². The Morgan fingerprint density at radius 2 is 0.972 bits per heavy atom. The number of aromatic nitrogens is 2. The zero-order valence-corrected chi connectivity index (χ0v) is 24.2. The summed E-state index contributed by atoms with van der Waals surface area (Å²) >= 11 is 0. The lowest BCUT2D eigenvalue weighted by molar-refractivity contribution is -0.701. The van der Waals surface area contributed by atoms with Crippen molar-refractivity contribution >= 4 is 0 Å². The highest BCUT2D eigenvalue weighted by atomic mass is 15.1. The van der Waals surface area contributed by atoms with Crippen LogP contribution in [-0.2, 0) is 19.4 Å². The number of hydrogen-bond donors (Lipinski definition) is 1. The lowest BCUT2D eigenvalue weighted by atomic mass is 10.0. The van der Waals surface area contributed by atoms with E-state index < -0.39 is 0 Å². The number of aromatic amines is 1. The Labute approximate surface area is 224 Å². The molecule has 0 aliphatic rings. The third-order valence-electron chi connectivity index (χ3n) is 7.82. The van der Waals surface area contributed by atoms with E-state index in [9.17, 15) is 0 Å². The van der Waals surface area contributed by atoms with Crippen molar-refractivity contribution < 1.29 is 4.57 Å². The first-order valence-corrected chi connectivity index (χ1v) is 16.0. The third kappa shape index (κ3) is 14.2. The van der Waals surface area contributed by atoms with Crippen LogP contribution in [0.1, 0.15) is 159 Å². The molecule has 0 unspecified atom stereocenters. The summed E-state index contributed by atoms with van der Waals surface area (Å²) in [5.74, 6) is 1.43. The molecule has 204 valence electrons. The zero-order valence-electron chi connectivity index (χ0n) is 24.2. The van der Waals surface area contributed by atoms with Crippen molar-refractivity contribution in [3.05, 3.63) is 53.6 Å². The Balaban J connectivity index is 1.63. The van der Waals surface area contributed by atoms with Gasteiger partial charge < -0.3 is 0 Å². The third-order valence-corrected chi connectivity index (χ3v) is 7.82. The van der Waals surface area contributed by atoms with Gasteiger partial charge in [0.25, 0.3) is 5.82 Å². The molecule has 2 rings (SSSR count). The number of H-pyrrole nitrogens is 1. The number of hydrogen-bond acceptors (Lipinski definition) is 0. The van der Waals surface area contributed by atoms with Crippen LogP contribution in [0.2, 0.25) is 0 Å². The van der Waals surface area contributed by atoms with Crippen molar-refractivity contribution in [1.29, 1.82) is 0 Å². The van der Waals surface area contributed by atoms with Crippen LogP contribution in [0.4, 0.5) is 0 Å². The molecule has 0 radical (unpaired) electrons. The minimum Gasteiger partial charge on any atom is -0.247 e. The molecule has 0 saturated carbocycles. The van der Waals surface area contributed by atoms with E-state index in [1.54, 1.807) is 0 Å². The number of nitrogens with one attached hydrogen (secondary N) is 1. The molecule has 1 aromatic carbocycles. The molecule has 0 aliphatic carbocycles. The molecule has 36 heavy (non-hydrogen) atoms. The molecular weight excluding hydrogens is 436 g/mol. The van der Waals surface area contributed by atoms with Gasteiger partial charge in [-0.3, -0.25) is 0 Å². The summed E-state index contributed by atoms with van der Waals surface area (Å²) in [6.45, 7) is 5.60. The first-order valence-electron chi connectivity index (χ1n) is 16.0. The number of unbranched alkanes of at least 4 members (excludes halogenated alkanes) is 18. The normalized spacial score (nSPS) is 11.4. The summed E-state index contributed by atoms with van der Waals surface area (Å²) < 4.78 is 2.59. The molecule has 0 spiro atoms. The molecule has 2 heteroatoms. The maximum atomic E-state index is 3.66. The Morgan fingerprint density at radius 1 is 0.528 bits per heavy atom. The topological polar surface area (TPSA) is 19.7 Å². The van der Waals surface area contributed by atoms with Gasteiger partial charge in [-0.25, -0.2) is 9.55 Å². The highest BCUT2D eigenvalue weighted by Gasteiger charge is 2.17. The molecule has 2 nitrogen and oxygen atoms in total. The minimum atomic E-state index is 1.00. The molecular formula is C34H59N2+. The number of aryl methyl sites for hydroxylation is 2. The number of benzene rings is 1. The predicted octanol–water partition coefficient (Wildman–Crippen LogP) is 10.3. The van der Waals surface area contributed by atoms with Gasteiger partial charge in [0.05, 0.1) is 0 Å². The van der Waals surface area contributed by atoms with Crippen molar-refractivity contribution in [3.8, 4) is 0 Å². The van der Waals surface area contributed by atoms with Gasteiger partial charge in [0.1, 0.15) is 18.4 Å². The van der Waals surface area contributed by atoms with Gasteiger partial charge in [0.15, 0.2) is 0 Å². The Bertz CT molecular complexity index is 733. The predicted molar refractivity (Wildman–Crippen MR) is 158 cm³/mol. The molecule has 0 fully saturated rings. The van der Waals surface area contributed by atoms with Gasteiger partial charge in [-0.15, -0.1) is 0 Å². The van der Waals surface area contributed by atoms with E-state index in [2.05, 4.69) is 59.9 Å². The maximum absolute atomic E-state index is 3.66. The Morgan fingerprint density at radius 3 is 1.47 bits per heavy atom. The van der Waals surface area contributed by atoms with Crippen LogP contribution in [-0.4, -0.2) is 4.98 Å². The molecule has 1 aromatic heterocycles. The van der Waals surface area contributed by atoms with Crippen LogP contribution in [0.3, 0.4) is 0 Å². The quantitative estimate of drug-likeness (QED) is 0.110. The van der Waals surface area contributed by atoms with Crippen LogP contribution in [0.5, 0.6) is 0 Å². The van der Waals surface area contributed by atoms with Gasteiger partial charge in [-0.2, -0.15) is 0 Å². The summed E-state index contributed by atoms with van der Waals surface area (Å²) in [4.78, 5) is 3.66. The number of rotatable bonds is 24. The van der Waals surface area contributed by atoms with Crippen LogP contribution in [0.25, 0.3) is 0 Å². The summed E-state index contributed by atoms with van der Waals surface area (Å²) in [5, 5.41) is 0. The summed E-state index contributed by atoms with van der Waals surface area (Å²) in [6.07, 6.45) is 32.8. The monoisotopic (exact) mass is 495 g/mol. The summed E-state index contributed by atoms with van der Waals surface area (Å²) in [5.41, 5.74) is 2.91. The van der Waals surface area contributed by atoms with Gasteiger partial charge in [-0.05, 0) is 18.4 Å². The van der Waals surface area contributed by atoms with E-state index >= 15 is 0 Å². The fourth-order valence-electron chi connectivity index (χ4n) is 5.45. The Hall–Kier alpha value is -1.57. The molecule has 1 N–H and O–H groups in total. The first kappa shape index (κ1) is 30.7. The lowest BCUT2D eigenvalue weighted by Gasteiger charge is -2.07. The molecule has 0 amide bonds. The minimum absolute atomic E-state index is 1.00. The lowest BCUT2D eigenvalue weighted by Crippen LogP contribution is -2.41. The highest BCUT2D eigenvalue weighted by Crippen LogP contribution is 2.14. The van der Waals surface area contributed by atoms with Gasteiger partial charge in [0, 0.05) is 12.8 Å². The van der Waals surface area contributed by atoms with E-state index in [0.29, 0.717) is 0 Å². The maximum Gasteiger partial charge on any atom is 0.254 e. The van der Waals surface area contributed by atoms with Crippen molar-refractivity contribution in [3.63, 3.8) is 0 Å². The van der Waals surface area contributed by atoms with Crippen molar-refractivity contribution in [1.82, 2.24) is 4.98 Å². The second-order valence-electron chi connectivity index (χ2n) is 11.2. The molecule has 0 aliphatic heterocycles. The van der Waals surface area contributed by atoms with Crippen LogP contribution in [0.15, 0.2) is 36.5 Å². The van der Waals surface area contributed by atoms with E-state index in [0.717, 1.165) is 6.54 Å². The van der Waals surface area contributed by atoms with Crippen LogP contribution in [0, 0.1) is 0 Å². The standard InChI is InChI=1S/C34H58N2/c1-3-5-7-9-11-12-13-14-15-16-17-18-19-24-28-33-30-35-34(29-25-20-10-8-6-4-2)36(33)31-32-26-22-21-23-27-32/h21-23,26-27,30H,3-20,24-25,28-29,31H2,1-2H3/p+1. The van der Waals surface area contributed by atoms with E-state index in [4.69, 9.17) is 0 Å². The highest BCUT2D eigenvalue weighted by molar-refractivity contribution is 5.13. The molecule has 0 atom stereocenters.